The lowest BCUT2D eigenvalue weighted by Gasteiger charge is -2.18. The number of methoxy groups -OCH3 is 1. The van der Waals surface area contributed by atoms with Crippen LogP contribution in [0.5, 0.6) is 5.75 Å². The number of para-hydroxylation sites is 1. The minimum absolute atomic E-state index is 0.366. The van der Waals surface area contributed by atoms with E-state index in [1.54, 1.807) is 24.3 Å². The lowest BCUT2D eigenvalue weighted by molar-refractivity contribution is 0.414. The zero-order valence-electron chi connectivity index (χ0n) is 13.0. The molecular weight excluding hydrogens is 371 g/mol. The Morgan fingerprint density at radius 2 is 1.92 bits per heavy atom. The zero-order chi connectivity index (χ0) is 18.6. The maximum absolute atomic E-state index is 13.9. The second-order valence-corrected chi connectivity index (χ2v) is 7.10. The first kappa shape index (κ1) is 19.1. The van der Waals surface area contributed by atoms with E-state index in [9.17, 15) is 21.6 Å². The molecule has 0 bridgehead atoms. The van der Waals surface area contributed by atoms with E-state index in [1.807, 2.05) is 0 Å². The molecule has 10 heteroatoms. The largest absolute Gasteiger partial charge is 0.496 e. The summed E-state index contributed by atoms with van der Waals surface area (Å²) in [6.45, 7) is 0. The molecule has 0 amide bonds. The highest BCUT2D eigenvalue weighted by Gasteiger charge is 2.24. The number of hydrogen-bond acceptors (Lipinski definition) is 4. The quantitative estimate of drug-likeness (QED) is 0.739. The molecule has 0 aliphatic carbocycles. The van der Waals surface area contributed by atoms with Gasteiger partial charge in [-0.25, -0.2) is 26.5 Å². The Morgan fingerprint density at radius 1 is 1.24 bits per heavy atom. The van der Waals surface area contributed by atoms with Crippen LogP contribution in [0.2, 0.25) is 0 Å². The van der Waals surface area contributed by atoms with Crippen molar-refractivity contribution in [1.29, 1.82) is 0 Å². The van der Waals surface area contributed by atoms with Gasteiger partial charge in [-0.1, -0.05) is 24.3 Å². The summed E-state index contributed by atoms with van der Waals surface area (Å²) in [6.07, 6.45) is 2.56. The summed E-state index contributed by atoms with van der Waals surface area (Å²) < 4.78 is 64.3. The average molecular weight is 386 g/mol. The van der Waals surface area contributed by atoms with Crippen LogP contribution in [0.25, 0.3) is 6.08 Å². The summed E-state index contributed by atoms with van der Waals surface area (Å²) in [5.41, 5.74) is 0.198. The summed E-state index contributed by atoms with van der Waals surface area (Å²) in [7, 11) is -3.00. The standard InChI is InChI=1S/C15H15FN2O5S2/c1-23-14-8-3-2-5-11(14)9-10-18(24(19)20)13-7-4-6-12(16)15(13)25(17,21)22/h2-10H,1H3,(H,19,20)(H2,17,21,22). The van der Waals surface area contributed by atoms with Crippen molar-refractivity contribution >= 4 is 33.1 Å². The molecule has 0 aliphatic rings. The summed E-state index contributed by atoms with van der Waals surface area (Å²) in [6, 6.07) is 10.1. The van der Waals surface area contributed by atoms with E-state index in [4.69, 9.17) is 9.88 Å². The normalized spacial score (nSPS) is 13.0. The van der Waals surface area contributed by atoms with Gasteiger partial charge in [0, 0.05) is 11.8 Å². The number of nitrogens with zero attached hydrogens (tertiary/aromatic N) is 1. The fraction of sp³-hybridized carbons (Fsp3) is 0.0667. The van der Waals surface area contributed by atoms with E-state index in [0.717, 1.165) is 12.3 Å². The minimum atomic E-state index is -4.46. The molecule has 0 saturated heterocycles. The molecule has 0 spiro atoms. The highest BCUT2D eigenvalue weighted by Crippen LogP contribution is 2.29. The second-order valence-electron chi connectivity index (χ2n) is 4.75. The van der Waals surface area contributed by atoms with Crippen molar-refractivity contribution < 1.29 is 26.3 Å². The zero-order valence-corrected chi connectivity index (χ0v) is 14.6. The summed E-state index contributed by atoms with van der Waals surface area (Å²) >= 11 is -2.67. The van der Waals surface area contributed by atoms with Crippen molar-refractivity contribution in [3.05, 3.63) is 60.0 Å². The molecule has 2 aromatic rings. The van der Waals surface area contributed by atoms with Crippen LogP contribution in [-0.2, 0) is 21.3 Å². The van der Waals surface area contributed by atoms with E-state index in [0.29, 0.717) is 15.6 Å². The van der Waals surface area contributed by atoms with E-state index in [1.165, 1.54) is 25.3 Å². The first-order valence-corrected chi connectivity index (χ1v) is 9.39. The van der Waals surface area contributed by atoms with Crippen LogP contribution in [0.3, 0.4) is 0 Å². The van der Waals surface area contributed by atoms with Gasteiger partial charge in [0.1, 0.15) is 16.5 Å². The Bertz CT molecular complexity index is 931. The molecule has 0 aromatic heterocycles. The maximum atomic E-state index is 13.9. The lowest BCUT2D eigenvalue weighted by atomic mass is 10.2. The van der Waals surface area contributed by atoms with Gasteiger partial charge in [0.15, 0.2) is 0 Å². The first-order chi connectivity index (χ1) is 11.8. The molecule has 0 radical (unpaired) electrons. The Morgan fingerprint density at radius 3 is 2.52 bits per heavy atom. The predicted molar refractivity (Wildman–Crippen MR) is 93.1 cm³/mol. The third-order valence-electron chi connectivity index (χ3n) is 3.16. The summed E-state index contributed by atoms with van der Waals surface area (Å²) in [5, 5.41) is 5.03. The van der Waals surface area contributed by atoms with Crippen molar-refractivity contribution in [2.24, 2.45) is 5.14 Å². The fourth-order valence-electron chi connectivity index (χ4n) is 2.12. The van der Waals surface area contributed by atoms with E-state index < -0.39 is 32.0 Å². The van der Waals surface area contributed by atoms with Gasteiger partial charge in [0.2, 0.25) is 10.0 Å². The number of hydrogen-bond donors (Lipinski definition) is 2. The third-order valence-corrected chi connectivity index (χ3v) is 4.79. The van der Waals surface area contributed by atoms with Crippen LogP contribution in [0.4, 0.5) is 10.1 Å². The molecule has 2 rings (SSSR count). The topological polar surface area (TPSA) is 110 Å². The number of halogens is 1. The number of primary sulfonamides is 1. The van der Waals surface area contributed by atoms with Gasteiger partial charge in [0.05, 0.1) is 12.8 Å². The van der Waals surface area contributed by atoms with Crippen LogP contribution < -0.4 is 14.2 Å². The highest BCUT2D eigenvalue weighted by molar-refractivity contribution is 7.89. The van der Waals surface area contributed by atoms with Gasteiger partial charge in [-0.3, -0.25) is 4.55 Å². The third kappa shape index (κ3) is 4.42. The molecule has 0 fully saturated rings. The van der Waals surface area contributed by atoms with Crippen LogP contribution in [-0.4, -0.2) is 24.3 Å². The highest BCUT2D eigenvalue weighted by atomic mass is 32.2. The van der Waals surface area contributed by atoms with Crippen LogP contribution in [0.15, 0.2) is 53.6 Å². The minimum Gasteiger partial charge on any atom is -0.496 e. The Kier molecular flexibility index (Phi) is 5.90. The van der Waals surface area contributed by atoms with Crippen molar-refractivity contribution in [3.63, 3.8) is 0 Å². The monoisotopic (exact) mass is 386 g/mol. The SMILES string of the molecule is COc1ccccc1C=CN(c1cccc(F)c1S(N)(=O)=O)S(=O)O. The summed E-state index contributed by atoms with van der Waals surface area (Å²) in [4.78, 5) is -0.873. The smallest absolute Gasteiger partial charge is 0.266 e. The molecule has 134 valence electrons. The van der Waals surface area contributed by atoms with Crippen LogP contribution >= 0.6 is 0 Å². The number of ether oxygens (including phenoxy) is 1. The Labute approximate surface area is 147 Å². The van der Waals surface area contributed by atoms with Crippen molar-refractivity contribution in [3.8, 4) is 5.75 Å². The van der Waals surface area contributed by atoms with Crippen molar-refractivity contribution in [2.75, 3.05) is 11.4 Å². The van der Waals surface area contributed by atoms with Gasteiger partial charge in [-0.05, 0) is 24.3 Å². The average Bonchev–Trinajstić information content (AvgIpc) is 2.54. The van der Waals surface area contributed by atoms with E-state index in [2.05, 4.69) is 0 Å². The molecule has 0 saturated carbocycles. The lowest BCUT2D eigenvalue weighted by Crippen LogP contribution is -2.24. The molecule has 1 atom stereocenters. The molecule has 1 unspecified atom stereocenters. The molecule has 0 heterocycles. The van der Waals surface area contributed by atoms with Gasteiger partial charge in [0.25, 0.3) is 11.3 Å². The Hall–Kier alpha value is -2.27. The first-order valence-electron chi connectivity index (χ1n) is 6.78. The summed E-state index contributed by atoms with van der Waals surface area (Å²) in [5.74, 6) is -0.630. The van der Waals surface area contributed by atoms with E-state index in [-0.39, 0.29) is 5.69 Å². The number of nitrogens with two attached hydrogens (primary N) is 1. The van der Waals surface area contributed by atoms with Gasteiger partial charge >= 0.3 is 0 Å². The second kappa shape index (κ2) is 7.74. The van der Waals surface area contributed by atoms with Crippen LogP contribution in [0.1, 0.15) is 5.56 Å². The van der Waals surface area contributed by atoms with Crippen molar-refractivity contribution in [1.82, 2.24) is 0 Å². The maximum Gasteiger partial charge on any atom is 0.266 e. The Balaban J connectivity index is 2.56. The number of anilines is 1. The molecular formula is C15H15FN2O5S2. The molecule has 0 aliphatic heterocycles. The molecule has 3 N–H and O–H groups in total. The van der Waals surface area contributed by atoms with Gasteiger partial charge < -0.3 is 4.74 Å². The van der Waals surface area contributed by atoms with Gasteiger partial charge in [-0.2, -0.15) is 0 Å². The van der Waals surface area contributed by atoms with Crippen molar-refractivity contribution in [2.45, 2.75) is 4.90 Å². The molecule has 2 aromatic carbocycles. The van der Waals surface area contributed by atoms with E-state index >= 15 is 0 Å². The molecule has 25 heavy (non-hydrogen) atoms. The van der Waals surface area contributed by atoms with Gasteiger partial charge in [-0.15, -0.1) is 0 Å². The number of rotatable bonds is 6. The van der Waals surface area contributed by atoms with Crippen LogP contribution in [0, 0.1) is 5.82 Å². The number of benzene rings is 2. The fourth-order valence-corrected chi connectivity index (χ4v) is 3.46. The number of sulfonamides is 1. The predicted octanol–water partition coefficient (Wildman–Crippen LogP) is 2.10. The molecule has 7 nitrogen and oxygen atoms in total.